The maximum atomic E-state index is 12.0. The average Bonchev–Trinajstić information content (AvgIpc) is 2.29. The lowest BCUT2D eigenvalue weighted by atomic mass is 9.80. The largest absolute Gasteiger partial charge is 0.352 e. The molecule has 2 atom stereocenters. The van der Waals surface area contributed by atoms with Crippen LogP contribution in [-0.4, -0.2) is 42.9 Å². The molecule has 0 aromatic carbocycles. The summed E-state index contributed by atoms with van der Waals surface area (Å²) >= 11 is 0. The normalized spacial score (nSPS) is 29.2. The van der Waals surface area contributed by atoms with E-state index in [9.17, 15) is 4.79 Å². The van der Waals surface area contributed by atoms with Crippen LogP contribution in [0.1, 0.15) is 33.1 Å². The molecule has 0 aromatic heterocycles. The van der Waals surface area contributed by atoms with Gasteiger partial charge in [-0.2, -0.15) is 0 Å². The summed E-state index contributed by atoms with van der Waals surface area (Å²) in [5.41, 5.74) is 0. The zero-order chi connectivity index (χ0) is 11.5. The zero-order valence-electron chi connectivity index (χ0n) is 10.1. The first-order valence-electron chi connectivity index (χ1n) is 6.33. The van der Waals surface area contributed by atoms with Crippen molar-refractivity contribution in [2.75, 3.05) is 19.8 Å². The van der Waals surface area contributed by atoms with Gasteiger partial charge in [-0.05, 0) is 33.1 Å². The summed E-state index contributed by atoms with van der Waals surface area (Å²) in [4.78, 5) is 13.9. The molecule has 0 unspecified atom stereocenters. The van der Waals surface area contributed by atoms with Gasteiger partial charge in [0.1, 0.15) is 5.92 Å². The monoisotopic (exact) mass is 227 g/mol. The molecule has 0 bridgehead atoms. The fourth-order valence-electron chi connectivity index (χ4n) is 2.76. The van der Waals surface area contributed by atoms with E-state index in [-0.39, 0.29) is 18.1 Å². The van der Waals surface area contributed by atoms with E-state index in [1.165, 1.54) is 6.42 Å². The summed E-state index contributed by atoms with van der Waals surface area (Å²) in [6, 6.07) is 0.365. The molecule has 2 aliphatic rings. The van der Waals surface area contributed by atoms with Gasteiger partial charge in [-0.25, -0.2) is 0 Å². The minimum atomic E-state index is -0.332. The van der Waals surface area contributed by atoms with Gasteiger partial charge in [0.15, 0.2) is 6.29 Å². The molecule has 2 fully saturated rings. The summed E-state index contributed by atoms with van der Waals surface area (Å²) in [6.07, 6.45) is 3.13. The molecule has 0 radical (unpaired) electrons. The lowest BCUT2D eigenvalue weighted by molar-refractivity contribution is -0.217. The van der Waals surface area contributed by atoms with Crippen molar-refractivity contribution in [1.29, 1.82) is 0 Å². The molecule has 0 saturated carbocycles. The van der Waals surface area contributed by atoms with Gasteiger partial charge >= 0.3 is 0 Å². The van der Waals surface area contributed by atoms with Crippen LogP contribution >= 0.6 is 0 Å². The van der Waals surface area contributed by atoms with Crippen LogP contribution in [0.3, 0.4) is 0 Å². The molecule has 16 heavy (non-hydrogen) atoms. The Hall–Kier alpha value is -0.610. The van der Waals surface area contributed by atoms with Gasteiger partial charge in [0.05, 0.1) is 0 Å². The molecule has 4 heteroatoms. The van der Waals surface area contributed by atoms with Crippen molar-refractivity contribution in [2.45, 2.75) is 45.4 Å². The lowest BCUT2D eigenvalue weighted by Gasteiger charge is -2.51. The fourth-order valence-corrected chi connectivity index (χ4v) is 2.76. The molecule has 0 spiro atoms. The molecule has 2 saturated heterocycles. The van der Waals surface area contributed by atoms with Crippen molar-refractivity contribution in [2.24, 2.45) is 5.92 Å². The molecular formula is C12H21NO3. The van der Waals surface area contributed by atoms with Crippen LogP contribution < -0.4 is 0 Å². The number of β-lactam (4-membered cyclic amide) rings is 1. The van der Waals surface area contributed by atoms with E-state index < -0.39 is 0 Å². The highest BCUT2D eigenvalue weighted by molar-refractivity contribution is 5.86. The Labute approximate surface area is 96.9 Å². The van der Waals surface area contributed by atoms with Crippen LogP contribution in [-0.2, 0) is 14.3 Å². The minimum absolute atomic E-state index is 0.0554. The quantitative estimate of drug-likeness (QED) is 0.526. The number of fused-ring (bicyclic) bond motifs is 1. The number of amides is 1. The van der Waals surface area contributed by atoms with Gasteiger partial charge in [-0.15, -0.1) is 0 Å². The maximum absolute atomic E-state index is 12.0. The number of piperidine rings is 1. The molecule has 92 valence electrons. The van der Waals surface area contributed by atoms with Crippen LogP contribution in [0.5, 0.6) is 0 Å². The van der Waals surface area contributed by atoms with Crippen LogP contribution in [0.2, 0.25) is 0 Å². The van der Waals surface area contributed by atoms with Crippen molar-refractivity contribution >= 4 is 5.91 Å². The van der Waals surface area contributed by atoms with Crippen molar-refractivity contribution in [3.63, 3.8) is 0 Å². The third-order valence-electron chi connectivity index (χ3n) is 3.49. The van der Waals surface area contributed by atoms with E-state index >= 15 is 0 Å². The third-order valence-corrected chi connectivity index (χ3v) is 3.49. The third kappa shape index (κ3) is 1.96. The fraction of sp³-hybridized carbons (Fsp3) is 0.917. The molecule has 2 rings (SSSR count). The topological polar surface area (TPSA) is 38.8 Å². The number of hydrogen-bond donors (Lipinski definition) is 0. The summed E-state index contributed by atoms with van der Waals surface area (Å²) in [7, 11) is 0. The Kier molecular flexibility index (Phi) is 3.82. The summed E-state index contributed by atoms with van der Waals surface area (Å²) in [5, 5.41) is 0. The van der Waals surface area contributed by atoms with Crippen molar-refractivity contribution < 1.29 is 14.3 Å². The second-order valence-electron chi connectivity index (χ2n) is 4.40. The molecule has 2 heterocycles. The van der Waals surface area contributed by atoms with Crippen molar-refractivity contribution in [1.82, 2.24) is 4.90 Å². The van der Waals surface area contributed by atoms with Gasteiger partial charge in [0.25, 0.3) is 0 Å². The first-order chi connectivity index (χ1) is 7.79. The minimum Gasteiger partial charge on any atom is -0.352 e. The van der Waals surface area contributed by atoms with Gasteiger partial charge in [0, 0.05) is 25.8 Å². The summed E-state index contributed by atoms with van der Waals surface area (Å²) in [6.45, 7) is 5.99. The number of rotatable bonds is 5. The van der Waals surface area contributed by atoms with Crippen molar-refractivity contribution in [3.05, 3.63) is 0 Å². The molecule has 4 nitrogen and oxygen atoms in total. The highest BCUT2D eigenvalue weighted by Gasteiger charge is 2.52. The first kappa shape index (κ1) is 11.9. The molecular weight excluding hydrogens is 206 g/mol. The lowest BCUT2D eigenvalue weighted by Crippen LogP contribution is -2.66. The summed E-state index contributed by atoms with van der Waals surface area (Å²) < 4.78 is 11.1. The van der Waals surface area contributed by atoms with Crippen LogP contribution in [0.25, 0.3) is 0 Å². The average molecular weight is 227 g/mol. The number of nitrogens with zero attached hydrogens (tertiary/aromatic N) is 1. The molecule has 1 amide bonds. The Morgan fingerprint density at radius 3 is 2.62 bits per heavy atom. The van der Waals surface area contributed by atoms with E-state index in [2.05, 4.69) is 0 Å². The van der Waals surface area contributed by atoms with E-state index in [4.69, 9.17) is 9.47 Å². The highest BCUT2D eigenvalue weighted by atomic mass is 16.7. The van der Waals surface area contributed by atoms with Crippen LogP contribution in [0.4, 0.5) is 0 Å². The smallest absolute Gasteiger partial charge is 0.233 e. The molecule has 0 aromatic rings. The Bertz CT molecular complexity index is 251. The molecule has 0 aliphatic carbocycles. The van der Waals surface area contributed by atoms with Crippen molar-refractivity contribution in [3.8, 4) is 0 Å². The van der Waals surface area contributed by atoms with Gasteiger partial charge in [0.2, 0.25) is 5.91 Å². The van der Waals surface area contributed by atoms with E-state index in [1.807, 2.05) is 18.7 Å². The predicted octanol–water partition coefficient (Wildman–Crippen LogP) is 1.40. The SMILES string of the molecule is CCOC(OCC)[C@H]1C(=O)N2CCCC[C@@H]12. The van der Waals surface area contributed by atoms with Gasteiger partial charge < -0.3 is 14.4 Å². The number of hydrogen-bond acceptors (Lipinski definition) is 3. The zero-order valence-corrected chi connectivity index (χ0v) is 10.1. The van der Waals surface area contributed by atoms with E-state index in [0.717, 1.165) is 19.4 Å². The Morgan fingerprint density at radius 1 is 1.31 bits per heavy atom. The molecule has 2 aliphatic heterocycles. The number of ether oxygens (including phenoxy) is 2. The standard InChI is InChI=1S/C12H21NO3/c1-3-15-12(16-4-2)10-9-7-5-6-8-13(9)11(10)14/h9-10,12H,3-8H2,1-2H3/t9-,10+/m0/s1. The summed E-state index contributed by atoms with van der Waals surface area (Å²) in [5.74, 6) is 0.164. The maximum Gasteiger partial charge on any atom is 0.233 e. The second kappa shape index (κ2) is 5.15. The Morgan fingerprint density at radius 2 is 2.00 bits per heavy atom. The van der Waals surface area contributed by atoms with Gasteiger partial charge in [-0.3, -0.25) is 4.79 Å². The number of carbonyl (C=O) groups excluding carboxylic acids is 1. The molecule has 0 N–H and O–H groups in total. The van der Waals surface area contributed by atoms with Crippen LogP contribution in [0, 0.1) is 5.92 Å². The first-order valence-corrected chi connectivity index (χ1v) is 6.33. The predicted molar refractivity (Wildman–Crippen MR) is 59.9 cm³/mol. The highest BCUT2D eigenvalue weighted by Crippen LogP contribution is 2.37. The number of carbonyl (C=O) groups is 1. The van der Waals surface area contributed by atoms with E-state index in [1.54, 1.807) is 0 Å². The van der Waals surface area contributed by atoms with Crippen LogP contribution in [0.15, 0.2) is 0 Å². The van der Waals surface area contributed by atoms with E-state index in [0.29, 0.717) is 19.3 Å². The second-order valence-corrected chi connectivity index (χ2v) is 4.40. The Balaban J connectivity index is 1.98. The van der Waals surface area contributed by atoms with Gasteiger partial charge in [-0.1, -0.05) is 0 Å².